The van der Waals surface area contributed by atoms with Crippen LogP contribution in [0.3, 0.4) is 0 Å². The highest BCUT2D eigenvalue weighted by atomic mass is 19.4. The Hall–Kier alpha value is -2.29. The van der Waals surface area contributed by atoms with E-state index in [9.17, 15) is 18.0 Å². The number of halogens is 3. The van der Waals surface area contributed by atoms with Crippen LogP contribution in [-0.4, -0.2) is 69.8 Å². The van der Waals surface area contributed by atoms with Gasteiger partial charge in [0.05, 0.1) is 6.54 Å². The lowest BCUT2D eigenvalue weighted by Crippen LogP contribution is -2.38. The van der Waals surface area contributed by atoms with Crippen molar-refractivity contribution in [3.05, 3.63) is 35.4 Å². The Kier molecular flexibility index (Phi) is 10.4. The third-order valence-electron chi connectivity index (χ3n) is 3.88. The Morgan fingerprint density at radius 3 is 2.64 bits per heavy atom. The van der Waals surface area contributed by atoms with Crippen LogP contribution in [-0.2, 0) is 6.42 Å². The molecule has 0 saturated carbocycles. The highest BCUT2D eigenvalue weighted by Gasteiger charge is 2.28. The Labute approximate surface area is 164 Å². The number of nitrogens with zero attached hydrogens (tertiary/aromatic N) is 2. The molecule has 6 nitrogen and oxygen atoms in total. The number of alkyl halides is 3. The molecule has 28 heavy (non-hydrogen) atoms. The van der Waals surface area contributed by atoms with Gasteiger partial charge in [-0.1, -0.05) is 12.1 Å². The molecule has 1 aromatic rings. The van der Waals surface area contributed by atoms with Crippen molar-refractivity contribution >= 4 is 11.9 Å². The number of nitrogens with one attached hydrogen (secondary N) is 3. The minimum absolute atomic E-state index is 0.125. The predicted octanol–water partition coefficient (Wildman–Crippen LogP) is 2.03. The number of carbonyl (C=O) groups excluding carboxylic acids is 1. The van der Waals surface area contributed by atoms with E-state index in [1.807, 2.05) is 25.1 Å². The number of amides is 1. The van der Waals surface area contributed by atoms with Gasteiger partial charge in [-0.2, -0.15) is 13.2 Å². The van der Waals surface area contributed by atoms with Crippen molar-refractivity contribution in [2.45, 2.75) is 25.9 Å². The number of benzene rings is 1. The van der Waals surface area contributed by atoms with E-state index >= 15 is 0 Å². The summed E-state index contributed by atoms with van der Waals surface area (Å²) in [6.45, 7) is 3.10. The van der Waals surface area contributed by atoms with Crippen LogP contribution in [0.4, 0.5) is 13.2 Å². The maximum Gasteiger partial charge on any atom is 0.401 e. The quantitative estimate of drug-likeness (QED) is 0.319. The molecule has 0 heterocycles. The lowest BCUT2D eigenvalue weighted by molar-refractivity contribution is -0.143. The average molecular weight is 401 g/mol. The fraction of sp³-hybridized carbons (Fsp3) is 0.579. The molecular formula is C19H30F3N5O. The van der Waals surface area contributed by atoms with Gasteiger partial charge in [0.25, 0.3) is 5.91 Å². The zero-order chi connectivity index (χ0) is 21.0. The molecule has 0 radical (unpaired) electrons. The van der Waals surface area contributed by atoms with Crippen molar-refractivity contribution in [1.29, 1.82) is 0 Å². The summed E-state index contributed by atoms with van der Waals surface area (Å²) >= 11 is 0. The highest BCUT2D eigenvalue weighted by molar-refractivity contribution is 5.94. The summed E-state index contributed by atoms with van der Waals surface area (Å²) in [5, 5.41) is 8.92. The third kappa shape index (κ3) is 10.1. The van der Waals surface area contributed by atoms with Crippen molar-refractivity contribution in [2.75, 3.05) is 46.8 Å². The number of hydrogen-bond acceptors (Lipinski definition) is 3. The maximum absolute atomic E-state index is 12.3. The number of guanidine groups is 1. The second-order valence-electron chi connectivity index (χ2n) is 6.42. The summed E-state index contributed by atoms with van der Waals surface area (Å²) in [5.41, 5.74) is 1.64. The predicted molar refractivity (Wildman–Crippen MR) is 106 cm³/mol. The summed E-state index contributed by atoms with van der Waals surface area (Å²) in [6.07, 6.45) is -2.93. The monoisotopic (exact) mass is 401 g/mol. The molecule has 0 aliphatic heterocycles. The van der Waals surface area contributed by atoms with Crippen LogP contribution >= 0.6 is 0 Å². The molecule has 0 spiro atoms. The van der Waals surface area contributed by atoms with Gasteiger partial charge in [0.2, 0.25) is 0 Å². The highest BCUT2D eigenvalue weighted by Crippen LogP contribution is 2.15. The van der Waals surface area contributed by atoms with E-state index in [0.29, 0.717) is 50.5 Å². The second-order valence-corrected chi connectivity index (χ2v) is 6.42. The fourth-order valence-electron chi connectivity index (χ4n) is 2.60. The normalized spacial score (nSPS) is 12.2. The number of hydrogen-bond donors (Lipinski definition) is 3. The smallest absolute Gasteiger partial charge is 0.357 e. The van der Waals surface area contributed by atoms with Crippen LogP contribution in [0.15, 0.2) is 29.3 Å². The van der Waals surface area contributed by atoms with E-state index in [0.717, 1.165) is 5.56 Å². The molecule has 158 valence electrons. The van der Waals surface area contributed by atoms with Crippen LogP contribution in [0.25, 0.3) is 0 Å². The van der Waals surface area contributed by atoms with Gasteiger partial charge in [-0.25, -0.2) is 0 Å². The molecule has 0 aliphatic rings. The Balaban J connectivity index is 2.43. The van der Waals surface area contributed by atoms with Gasteiger partial charge in [0.15, 0.2) is 5.96 Å². The first-order valence-electron chi connectivity index (χ1n) is 9.33. The maximum atomic E-state index is 12.3. The van der Waals surface area contributed by atoms with Crippen molar-refractivity contribution in [2.24, 2.45) is 4.99 Å². The molecule has 1 aromatic carbocycles. The Morgan fingerprint density at radius 1 is 1.25 bits per heavy atom. The SMILES string of the molecule is CCNC(=NCCCN(C)CC(F)(F)F)NCCc1cccc(C(=O)NC)c1. The molecule has 0 saturated heterocycles. The first kappa shape index (κ1) is 23.7. The minimum Gasteiger partial charge on any atom is -0.357 e. The van der Waals surface area contributed by atoms with E-state index in [-0.39, 0.29) is 5.91 Å². The zero-order valence-corrected chi connectivity index (χ0v) is 16.7. The van der Waals surface area contributed by atoms with Crippen molar-refractivity contribution < 1.29 is 18.0 Å². The summed E-state index contributed by atoms with van der Waals surface area (Å²) in [6, 6.07) is 7.41. The summed E-state index contributed by atoms with van der Waals surface area (Å²) in [5.74, 6) is 0.503. The topological polar surface area (TPSA) is 68.8 Å². The van der Waals surface area contributed by atoms with Crippen molar-refractivity contribution in [1.82, 2.24) is 20.9 Å². The molecule has 1 amide bonds. The molecule has 9 heteroatoms. The molecule has 0 atom stereocenters. The van der Waals surface area contributed by atoms with Crippen LogP contribution < -0.4 is 16.0 Å². The first-order chi connectivity index (χ1) is 13.2. The van der Waals surface area contributed by atoms with Gasteiger partial charge < -0.3 is 16.0 Å². The van der Waals surface area contributed by atoms with E-state index in [2.05, 4.69) is 20.9 Å². The van der Waals surface area contributed by atoms with Gasteiger partial charge in [-0.15, -0.1) is 0 Å². The third-order valence-corrected chi connectivity index (χ3v) is 3.88. The fourth-order valence-corrected chi connectivity index (χ4v) is 2.60. The molecule has 1 rings (SSSR count). The molecule has 0 unspecified atom stereocenters. The van der Waals surface area contributed by atoms with Crippen molar-refractivity contribution in [3.63, 3.8) is 0 Å². The largest absolute Gasteiger partial charge is 0.401 e. The Morgan fingerprint density at radius 2 is 2.00 bits per heavy atom. The standard InChI is InChI=1S/C19H30F3N5O/c1-4-24-18(25-10-6-12-27(3)14-19(20,21)22)26-11-9-15-7-5-8-16(13-15)17(28)23-2/h5,7-8,13H,4,6,9-12,14H2,1-3H3,(H,23,28)(H2,24,25,26). The molecule has 0 aromatic heterocycles. The Bertz CT molecular complexity index is 634. The molecular weight excluding hydrogens is 371 g/mol. The summed E-state index contributed by atoms with van der Waals surface area (Å²) < 4.78 is 36.9. The van der Waals surface area contributed by atoms with Gasteiger partial charge in [-0.05, 0) is 51.1 Å². The lowest BCUT2D eigenvalue weighted by Gasteiger charge is -2.18. The van der Waals surface area contributed by atoms with Crippen LogP contribution in [0.1, 0.15) is 29.3 Å². The van der Waals surface area contributed by atoms with Gasteiger partial charge in [0.1, 0.15) is 0 Å². The average Bonchev–Trinajstić information content (AvgIpc) is 2.63. The lowest BCUT2D eigenvalue weighted by atomic mass is 10.1. The van der Waals surface area contributed by atoms with Gasteiger partial charge in [-0.3, -0.25) is 14.7 Å². The van der Waals surface area contributed by atoms with Crippen LogP contribution in [0.2, 0.25) is 0 Å². The number of aliphatic imine (C=N–C) groups is 1. The van der Waals surface area contributed by atoms with Crippen LogP contribution in [0.5, 0.6) is 0 Å². The number of rotatable bonds is 10. The molecule has 3 N–H and O–H groups in total. The summed E-state index contributed by atoms with van der Waals surface area (Å²) in [4.78, 5) is 17.3. The van der Waals surface area contributed by atoms with Gasteiger partial charge >= 0.3 is 6.18 Å². The summed E-state index contributed by atoms with van der Waals surface area (Å²) in [7, 11) is 3.05. The van der Waals surface area contributed by atoms with E-state index < -0.39 is 12.7 Å². The van der Waals surface area contributed by atoms with Crippen molar-refractivity contribution in [3.8, 4) is 0 Å². The molecule has 0 bridgehead atoms. The number of carbonyl (C=O) groups is 1. The zero-order valence-electron chi connectivity index (χ0n) is 16.7. The van der Waals surface area contributed by atoms with Crippen LogP contribution in [0, 0.1) is 0 Å². The van der Waals surface area contributed by atoms with E-state index in [1.54, 1.807) is 13.1 Å². The van der Waals surface area contributed by atoms with E-state index in [4.69, 9.17) is 0 Å². The molecule has 0 fully saturated rings. The van der Waals surface area contributed by atoms with E-state index in [1.165, 1.54) is 11.9 Å². The second kappa shape index (κ2) is 12.2. The first-order valence-corrected chi connectivity index (χ1v) is 9.33. The molecule has 0 aliphatic carbocycles. The minimum atomic E-state index is -4.18. The van der Waals surface area contributed by atoms with Gasteiger partial charge in [0, 0.05) is 32.2 Å².